The second-order valence-electron chi connectivity index (χ2n) is 5.94. The molecule has 0 bridgehead atoms. The van der Waals surface area contributed by atoms with Gasteiger partial charge in [0, 0.05) is 6.04 Å². The molecule has 1 N–H and O–H groups in total. The van der Waals surface area contributed by atoms with Crippen LogP contribution in [0.15, 0.2) is 0 Å². The minimum atomic E-state index is 0.786. The first kappa shape index (κ1) is 11.9. The molecule has 3 heterocycles. The fraction of sp³-hybridized carbons (Fsp3) is 1.00. The number of piperidine rings is 2. The van der Waals surface area contributed by atoms with Crippen LogP contribution in [0, 0.1) is 0 Å². The zero-order valence-corrected chi connectivity index (χ0v) is 11.0. The molecule has 1 unspecified atom stereocenters. The first-order valence-electron chi connectivity index (χ1n) is 7.66. The summed E-state index contributed by atoms with van der Waals surface area (Å²) in [6.45, 7) is 6.52. The molecule has 0 spiro atoms. The van der Waals surface area contributed by atoms with Crippen molar-refractivity contribution >= 4 is 0 Å². The van der Waals surface area contributed by atoms with Crippen molar-refractivity contribution in [2.75, 3.05) is 32.7 Å². The average Bonchev–Trinajstić information content (AvgIpc) is 2.94. The van der Waals surface area contributed by atoms with E-state index in [2.05, 4.69) is 15.1 Å². The van der Waals surface area contributed by atoms with Gasteiger partial charge in [-0.3, -0.25) is 9.80 Å². The summed E-state index contributed by atoms with van der Waals surface area (Å²) in [6, 6.07) is 0.863. The Labute approximate surface area is 106 Å². The number of rotatable bonds is 2. The highest BCUT2D eigenvalue weighted by Gasteiger charge is 2.33. The van der Waals surface area contributed by atoms with Crippen LogP contribution < -0.4 is 5.32 Å². The van der Waals surface area contributed by atoms with Crippen molar-refractivity contribution in [2.24, 2.45) is 0 Å². The summed E-state index contributed by atoms with van der Waals surface area (Å²) < 4.78 is 0. The fourth-order valence-corrected chi connectivity index (χ4v) is 3.93. The quantitative estimate of drug-likeness (QED) is 0.788. The van der Waals surface area contributed by atoms with Crippen molar-refractivity contribution < 1.29 is 0 Å². The molecule has 0 aromatic heterocycles. The Kier molecular flexibility index (Phi) is 3.99. The van der Waals surface area contributed by atoms with Gasteiger partial charge in [0.1, 0.15) is 0 Å². The van der Waals surface area contributed by atoms with Gasteiger partial charge in [0.2, 0.25) is 0 Å². The molecule has 0 amide bonds. The minimum absolute atomic E-state index is 0.786. The van der Waals surface area contributed by atoms with E-state index in [0.717, 1.165) is 12.2 Å². The van der Waals surface area contributed by atoms with Gasteiger partial charge in [-0.15, -0.1) is 0 Å². The second-order valence-corrected chi connectivity index (χ2v) is 5.94. The maximum atomic E-state index is 3.50. The lowest BCUT2D eigenvalue weighted by molar-refractivity contribution is -0.0117. The van der Waals surface area contributed by atoms with E-state index in [1.807, 2.05) is 0 Å². The van der Waals surface area contributed by atoms with Crippen molar-refractivity contribution in [3.63, 3.8) is 0 Å². The van der Waals surface area contributed by atoms with Crippen molar-refractivity contribution in [3.8, 4) is 0 Å². The van der Waals surface area contributed by atoms with E-state index in [4.69, 9.17) is 0 Å². The Morgan fingerprint density at radius 3 is 2.24 bits per heavy atom. The summed E-state index contributed by atoms with van der Waals surface area (Å²) in [7, 11) is 0. The Hall–Kier alpha value is -0.120. The van der Waals surface area contributed by atoms with E-state index >= 15 is 0 Å². The van der Waals surface area contributed by atoms with Crippen LogP contribution in [0.4, 0.5) is 0 Å². The first-order valence-corrected chi connectivity index (χ1v) is 7.66. The highest BCUT2D eigenvalue weighted by Crippen LogP contribution is 2.28. The number of nitrogens with zero attached hydrogens (tertiary/aromatic N) is 2. The van der Waals surface area contributed by atoms with Gasteiger partial charge in [0.15, 0.2) is 0 Å². The lowest BCUT2D eigenvalue weighted by Crippen LogP contribution is -2.56. The third-order valence-corrected chi connectivity index (χ3v) is 4.85. The smallest absolute Gasteiger partial charge is 0.0624 e. The molecule has 1 atom stereocenters. The van der Waals surface area contributed by atoms with Crippen LogP contribution in [0.3, 0.4) is 0 Å². The van der Waals surface area contributed by atoms with Gasteiger partial charge in [-0.2, -0.15) is 0 Å². The maximum absolute atomic E-state index is 3.50. The number of hydrogen-bond acceptors (Lipinski definition) is 3. The summed E-state index contributed by atoms with van der Waals surface area (Å²) in [5.41, 5.74) is 0. The van der Waals surface area contributed by atoms with Gasteiger partial charge >= 0.3 is 0 Å². The van der Waals surface area contributed by atoms with Gasteiger partial charge < -0.3 is 5.32 Å². The van der Waals surface area contributed by atoms with Crippen molar-refractivity contribution in [3.05, 3.63) is 0 Å². The monoisotopic (exact) mass is 237 g/mol. The van der Waals surface area contributed by atoms with Gasteiger partial charge in [-0.05, 0) is 77.7 Å². The predicted molar refractivity (Wildman–Crippen MR) is 71.0 cm³/mol. The Balaban J connectivity index is 1.65. The topological polar surface area (TPSA) is 18.5 Å². The molecule has 0 radical (unpaired) electrons. The normalized spacial score (nSPS) is 34.2. The second kappa shape index (κ2) is 5.68. The molecule has 3 heteroatoms. The SMILES string of the molecule is C1CCN(C2CCNCC2)C(N2CCCC2)C1. The standard InChI is InChI=1S/C14H27N3/c1-2-12-17(13-6-8-15-9-7-13)14(5-1)16-10-3-4-11-16/h13-15H,1-12H2. The number of hydrogen-bond donors (Lipinski definition) is 1. The van der Waals surface area contributed by atoms with E-state index in [1.165, 1.54) is 77.7 Å². The fourth-order valence-electron chi connectivity index (χ4n) is 3.93. The zero-order chi connectivity index (χ0) is 11.5. The molecule has 3 nitrogen and oxygen atoms in total. The maximum Gasteiger partial charge on any atom is 0.0624 e. The molecule has 0 saturated carbocycles. The summed E-state index contributed by atoms with van der Waals surface area (Å²) in [6.07, 6.45) is 10.7. The van der Waals surface area contributed by atoms with Crippen LogP contribution in [0.5, 0.6) is 0 Å². The Bertz CT molecular complexity index is 232. The van der Waals surface area contributed by atoms with Crippen molar-refractivity contribution in [1.82, 2.24) is 15.1 Å². The summed E-state index contributed by atoms with van der Waals surface area (Å²) in [5, 5.41) is 3.50. The van der Waals surface area contributed by atoms with E-state index < -0.39 is 0 Å². The van der Waals surface area contributed by atoms with E-state index in [-0.39, 0.29) is 0 Å². The third-order valence-electron chi connectivity index (χ3n) is 4.85. The number of likely N-dealkylation sites (tertiary alicyclic amines) is 2. The molecule has 0 aromatic carbocycles. The lowest BCUT2D eigenvalue weighted by Gasteiger charge is -2.46. The van der Waals surface area contributed by atoms with Crippen LogP contribution in [0.25, 0.3) is 0 Å². The van der Waals surface area contributed by atoms with Crippen LogP contribution in [0.2, 0.25) is 0 Å². The van der Waals surface area contributed by atoms with Crippen LogP contribution in [0.1, 0.15) is 44.9 Å². The Morgan fingerprint density at radius 2 is 1.47 bits per heavy atom. The van der Waals surface area contributed by atoms with Gasteiger partial charge in [0.25, 0.3) is 0 Å². The highest BCUT2D eigenvalue weighted by molar-refractivity contribution is 4.87. The van der Waals surface area contributed by atoms with Crippen molar-refractivity contribution in [1.29, 1.82) is 0 Å². The molecule has 98 valence electrons. The molecule has 0 aromatic rings. The zero-order valence-electron chi connectivity index (χ0n) is 11.0. The van der Waals surface area contributed by atoms with Crippen LogP contribution in [-0.4, -0.2) is 54.7 Å². The predicted octanol–water partition coefficient (Wildman–Crippen LogP) is 1.65. The average molecular weight is 237 g/mol. The van der Waals surface area contributed by atoms with Gasteiger partial charge in [-0.1, -0.05) is 0 Å². The van der Waals surface area contributed by atoms with Crippen LogP contribution >= 0.6 is 0 Å². The van der Waals surface area contributed by atoms with Crippen LogP contribution in [-0.2, 0) is 0 Å². The van der Waals surface area contributed by atoms with E-state index in [9.17, 15) is 0 Å². The van der Waals surface area contributed by atoms with Gasteiger partial charge in [-0.25, -0.2) is 0 Å². The van der Waals surface area contributed by atoms with Crippen molar-refractivity contribution in [2.45, 2.75) is 57.2 Å². The van der Waals surface area contributed by atoms with Gasteiger partial charge in [0.05, 0.1) is 6.17 Å². The largest absolute Gasteiger partial charge is 0.317 e. The third kappa shape index (κ3) is 2.67. The summed E-state index contributed by atoms with van der Waals surface area (Å²) >= 11 is 0. The summed E-state index contributed by atoms with van der Waals surface area (Å²) in [5.74, 6) is 0. The molecular formula is C14H27N3. The molecule has 17 heavy (non-hydrogen) atoms. The highest BCUT2D eigenvalue weighted by atomic mass is 15.4. The van der Waals surface area contributed by atoms with E-state index in [0.29, 0.717) is 0 Å². The molecule has 3 aliphatic heterocycles. The molecular weight excluding hydrogens is 210 g/mol. The molecule has 0 aliphatic carbocycles. The molecule has 3 fully saturated rings. The molecule has 3 saturated heterocycles. The molecule has 3 aliphatic rings. The lowest BCUT2D eigenvalue weighted by atomic mass is 9.98. The first-order chi connectivity index (χ1) is 8.45. The summed E-state index contributed by atoms with van der Waals surface area (Å²) in [4.78, 5) is 5.62. The minimum Gasteiger partial charge on any atom is -0.317 e. The Morgan fingerprint density at radius 1 is 0.765 bits per heavy atom. The molecule has 3 rings (SSSR count). The van der Waals surface area contributed by atoms with E-state index in [1.54, 1.807) is 0 Å². The number of nitrogens with one attached hydrogen (secondary N) is 1.